The van der Waals surface area contributed by atoms with Crippen molar-refractivity contribution in [3.05, 3.63) is 53.6 Å². The summed E-state index contributed by atoms with van der Waals surface area (Å²) in [7, 11) is 4.06. The largest absolute Gasteiger partial charge is 0.491 e. The molecule has 0 saturated heterocycles. The Morgan fingerprint density at radius 1 is 1.18 bits per heavy atom. The summed E-state index contributed by atoms with van der Waals surface area (Å²) in [5, 5.41) is 10.5. The van der Waals surface area contributed by atoms with Gasteiger partial charge in [0.25, 0.3) is 0 Å². The molecule has 0 radical (unpaired) electrons. The zero-order valence-electron chi connectivity index (χ0n) is 13.0. The van der Waals surface area contributed by atoms with Gasteiger partial charge in [-0.3, -0.25) is 0 Å². The summed E-state index contributed by atoms with van der Waals surface area (Å²) >= 11 is 1.69. The average Bonchev–Trinajstić information content (AvgIpc) is 2.64. The van der Waals surface area contributed by atoms with Gasteiger partial charge in [0, 0.05) is 17.9 Å². The fourth-order valence-corrected chi connectivity index (χ4v) is 3.75. The molecule has 22 heavy (non-hydrogen) atoms. The van der Waals surface area contributed by atoms with E-state index in [2.05, 4.69) is 17.0 Å². The maximum atomic E-state index is 10.5. The number of aliphatic hydroxyl groups is 1. The van der Waals surface area contributed by atoms with Crippen molar-refractivity contribution in [1.29, 1.82) is 0 Å². The van der Waals surface area contributed by atoms with Crippen LogP contribution in [0, 0.1) is 0 Å². The zero-order valence-corrected chi connectivity index (χ0v) is 13.8. The van der Waals surface area contributed by atoms with Crippen molar-refractivity contribution in [3.8, 4) is 5.75 Å². The second-order valence-corrected chi connectivity index (χ2v) is 6.81. The van der Waals surface area contributed by atoms with E-state index in [0.29, 0.717) is 13.0 Å². The van der Waals surface area contributed by atoms with Gasteiger partial charge in [-0.1, -0.05) is 42.1 Å². The number of likely N-dealkylation sites (N-methyl/N-ethyl adjacent to an activating group) is 1. The van der Waals surface area contributed by atoms with Gasteiger partial charge in [-0.2, -0.15) is 0 Å². The maximum absolute atomic E-state index is 10.5. The van der Waals surface area contributed by atoms with E-state index in [1.54, 1.807) is 11.8 Å². The lowest BCUT2D eigenvalue weighted by atomic mass is 10.0. The van der Waals surface area contributed by atoms with Crippen LogP contribution in [0.4, 0.5) is 0 Å². The smallest absolute Gasteiger partial charge is 0.133 e. The van der Waals surface area contributed by atoms with Crippen LogP contribution in [-0.2, 0) is 6.42 Å². The monoisotopic (exact) mass is 315 g/mol. The molecule has 1 atom stereocenters. The van der Waals surface area contributed by atoms with Gasteiger partial charge in [0.1, 0.15) is 12.4 Å². The predicted octanol–water partition coefficient (Wildman–Crippen LogP) is 3.37. The fraction of sp³-hybridized carbons (Fsp3) is 0.333. The standard InChI is InChI=1S/C18H21NO2S/c1-19(2)10-11-21-16-8-5-7-14-15(20)12-13-6-3-4-9-17(13)22-18(14)16/h3-9,15,20H,10-12H2,1-2H3. The van der Waals surface area contributed by atoms with Crippen molar-refractivity contribution >= 4 is 11.8 Å². The van der Waals surface area contributed by atoms with Gasteiger partial charge in [0.05, 0.1) is 11.0 Å². The lowest BCUT2D eigenvalue weighted by Gasteiger charge is -2.17. The molecule has 0 aliphatic carbocycles. The lowest BCUT2D eigenvalue weighted by Crippen LogP contribution is -2.19. The van der Waals surface area contributed by atoms with Crippen LogP contribution in [-0.4, -0.2) is 37.3 Å². The first-order chi connectivity index (χ1) is 10.6. The number of rotatable bonds is 4. The van der Waals surface area contributed by atoms with Crippen LogP contribution in [0.2, 0.25) is 0 Å². The molecular weight excluding hydrogens is 294 g/mol. The maximum Gasteiger partial charge on any atom is 0.133 e. The van der Waals surface area contributed by atoms with E-state index in [-0.39, 0.29) is 0 Å². The van der Waals surface area contributed by atoms with E-state index in [9.17, 15) is 5.11 Å². The Morgan fingerprint density at radius 2 is 2.00 bits per heavy atom. The number of benzene rings is 2. The van der Waals surface area contributed by atoms with E-state index in [1.807, 2.05) is 44.4 Å². The third-order valence-corrected chi connectivity index (χ3v) is 5.02. The summed E-state index contributed by atoms with van der Waals surface area (Å²) in [5.41, 5.74) is 2.15. The van der Waals surface area contributed by atoms with E-state index in [1.165, 1.54) is 10.5 Å². The molecule has 0 saturated carbocycles. The van der Waals surface area contributed by atoms with Crippen LogP contribution in [0.1, 0.15) is 17.2 Å². The molecule has 4 heteroatoms. The summed E-state index contributed by atoms with van der Waals surface area (Å²) in [4.78, 5) is 4.33. The average molecular weight is 315 g/mol. The minimum absolute atomic E-state index is 0.483. The number of fused-ring (bicyclic) bond motifs is 2. The Balaban J connectivity index is 1.92. The summed E-state index contributed by atoms with van der Waals surface area (Å²) in [6.45, 7) is 1.51. The molecule has 0 fully saturated rings. The minimum Gasteiger partial charge on any atom is -0.491 e. The van der Waals surface area contributed by atoms with E-state index in [0.717, 1.165) is 22.8 Å². The van der Waals surface area contributed by atoms with Gasteiger partial charge in [-0.15, -0.1) is 0 Å². The normalized spacial score (nSPS) is 16.8. The van der Waals surface area contributed by atoms with Gasteiger partial charge < -0.3 is 14.7 Å². The van der Waals surface area contributed by atoms with E-state index < -0.39 is 6.10 Å². The van der Waals surface area contributed by atoms with Gasteiger partial charge >= 0.3 is 0 Å². The van der Waals surface area contributed by atoms with Crippen LogP contribution in [0.5, 0.6) is 5.75 Å². The van der Waals surface area contributed by atoms with Crippen LogP contribution < -0.4 is 4.74 Å². The molecule has 1 aliphatic heterocycles. The second-order valence-electron chi connectivity index (χ2n) is 5.76. The number of hydrogen-bond acceptors (Lipinski definition) is 4. The highest BCUT2D eigenvalue weighted by atomic mass is 32.2. The number of nitrogens with zero attached hydrogens (tertiary/aromatic N) is 1. The van der Waals surface area contributed by atoms with Crippen molar-refractivity contribution in [2.75, 3.05) is 27.2 Å². The summed E-state index contributed by atoms with van der Waals surface area (Å²) < 4.78 is 5.96. The zero-order chi connectivity index (χ0) is 15.5. The Labute approximate surface area is 135 Å². The number of aliphatic hydroxyl groups excluding tert-OH is 1. The predicted molar refractivity (Wildman–Crippen MR) is 89.7 cm³/mol. The molecule has 0 spiro atoms. The van der Waals surface area contributed by atoms with Crippen molar-refractivity contribution in [2.24, 2.45) is 0 Å². The lowest BCUT2D eigenvalue weighted by molar-refractivity contribution is 0.174. The van der Waals surface area contributed by atoms with Crippen LogP contribution in [0.25, 0.3) is 0 Å². The van der Waals surface area contributed by atoms with Gasteiger partial charge in [-0.05, 0) is 37.4 Å². The summed E-state index contributed by atoms with van der Waals surface area (Å²) in [6, 6.07) is 14.2. The van der Waals surface area contributed by atoms with Gasteiger partial charge in [-0.25, -0.2) is 0 Å². The SMILES string of the molecule is CN(C)CCOc1cccc2c1Sc1ccccc1CC2O. The highest BCUT2D eigenvalue weighted by Gasteiger charge is 2.23. The van der Waals surface area contributed by atoms with Crippen LogP contribution in [0.15, 0.2) is 52.3 Å². The first-order valence-corrected chi connectivity index (χ1v) is 8.31. The summed E-state index contributed by atoms with van der Waals surface area (Å²) in [5.74, 6) is 0.861. The molecule has 3 nitrogen and oxygen atoms in total. The minimum atomic E-state index is -0.483. The van der Waals surface area contributed by atoms with Crippen molar-refractivity contribution in [2.45, 2.75) is 22.3 Å². The van der Waals surface area contributed by atoms with Crippen LogP contribution >= 0.6 is 11.8 Å². The molecule has 3 rings (SSSR count). The molecule has 0 aromatic heterocycles. The third-order valence-electron chi connectivity index (χ3n) is 3.76. The molecule has 116 valence electrons. The summed E-state index contributed by atoms with van der Waals surface area (Å²) in [6.07, 6.45) is 0.167. The molecule has 1 heterocycles. The fourth-order valence-electron chi connectivity index (χ4n) is 2.56. The number of hydrogen-bond donors (Lipinski definition) is 1. The highest BCUT2D eigenvalue weighted by Crippen LogP contribution is 2.45. The van der Waals surface area contributed by atoms with Gasteiger partial charge in [0.2, 0.25) is 0 Å². The Kier molecular flexibility index (Phi) is 4.71. The van der Waals surface area contributed by atoms with Crippen molar-refractivity contribution in [1.82, 2.24) is 4.90 Å². The second kappa shape index (κ2) is 6.73. The van der Waals surface area contributed by atoms with E-state index >= 15 is 0 Å². The molecule has 2 aromatic carbocycles. The molecule has 0 amide bonds. The van der Waals surface area contributed by atoms with Crippen LogP contribution in [0.3, 0.4) is 0 Å². The molecule has 1 N–H and O–H groups in total. The Hall–Kier alpha value is -1.49. The topological polar surface area (TPSA) is 32.7 Å². The number of ether oxygens (including phenoxy) is 1. The third kappa shape index (κ3) is 3.29. The van der Waals surface area contributed by atoms with Crippen molar-refractivity contribution < 1.29 is 9.84 Å². The molecule has 0 bridgehead atoms. The van der Waals surface area contributed by atoms with E-state index in [4.69, 9.17) is 4.74 Å². The first kappa shape index (κ1) is 15.4. The Morgan fingerprint density at radius 3 is 2.82 bits per heavy atom. The molecule has 2 aromatic rings. The van der Waals surface area contributed by atoms with Gasteiger partial charge in [0.15, 0.2) is 0 Å². The molecular formula is C18H21NO2S. The quantitative estimate of drug-likeness (QED) is 0.938. The molecule has 1 aliphatic rings. The Bertz CT molecular complexity index is 657. The first-order valence-electron chi connectivity index (χ1n) is 7.49. The van der Waals surface area contributed by atoms with Crippen molar-refractivity contribution in [3.63, 3.8) is 0 Å². The highest BCUT2D eigenvalue weighted by molar-refractivity contribution is 7.99. The molecule has 1 unspecified atom stereocenters.